The van der Waals surface area contributed by atoms with E-state index in [2.05, 4.69) is 13.8 Å². The van der Waals surface area contributed by atoms with Crippen LogP contribution in [0.2, 0.25) is 0 Å². The molecule has 1 saturated heterocycles. The van der Waals surface area contributed by atoms with E-state index < -0.39 is 42.5 Å². The smallest absolute Gasteiger partial charge is 0.115 e. The molecule has 1 rings (SSSR count). The molecule has 0 bridgehead atoms. The maximum absolute atomic E-state index is 10.7. The summed E-state index contributed by atoms with van der Waals surface area (Å²) in [6, 6.07) is 0. The molecule has 2 unspecified atom stereocenters. The SMILES string of the molecule is CCCCCCCCOCC(C)(COCCCCCCCC)[C@@H]1O[C@H]([C@H](O)CO)C(O)C1O. The molecular weight excluding hydrogens is 424 g/mol. The van der Waals surface area contributed by atoms with Gasteiger partial charge in [0.25, 0.3) is 0 Å². The molecule has 33 heavy (non-hydrogen) atoms. The van der Waals surface area contributed by atoms with Crippen LogP contribution in [-0.4, -0.2) is 84.0 Å². The minimum absolute atomic E-state index is 0.328. The largest absolute Gasteiger partial charge is 0.394 e. The lowest BCUT2D eigenvalue weighted by molar-refractivity contribution is -0.143. The van der Waals surface area contributed by atoms with Crippen LogP contribution >= 0.6 is 0 Å². The highest BCUT2D eigenvalue weighted by atomic mass is 16.6. The molecule has 0 amide bonds. The van der Waals surface area contributed by atoms with Crippen LogP contribution < -0.4 is 0 Å². The molecule has 5 atom stereocenters. The predicted molar refractivity (Wildman–Crippen MR) is 130 cm³/mol. The van der Waals surface area contributed by atoms with Gasteiger partial charge in [-0.15, -0.1) is 0 Å². The van der Waals surface area contributed by atoms with Gasteiger partial charge < -0.3 is 34.6 Å². The van der Waals surface area contributed by atoms with Gasteiger partial charge in [0.1, 0.15) is 24.4 Å². The maximum atomic E-state index is 10.7. The Kier molecular flexibility index (Phi) is 16.8. The summed E-state index contributed by atoms with van der Waals surface area (Å²) in [5.41, 5.74) is -0.686. The molecule has 7 nitrogen and oxygen atoms in total. The van der Waals surface area contributed by atoms with Crippen LogP contribution in [0.5, 0.6) is 0 Å². The van der Waals surface area contributed by atoms with Gasteiger partial charge in [-0.1, -0.05) is 85.0 Å². The third-order valence-electron chi connectivity index (χ3n) is 6.70. The Hall–Kier alpha value is -0.280. The average molecular weight is 477 g/mol. The van der Waals surface area contributed by atoms with Gasteiger partial charge in [-0.05, 0) is 12.8 Å². The Balaban J connectivity index is 2.57. The summed E-state index contributed by atoms with van der Waals surface area (Å²) in [7, 11) is 0. The predicted octanol–water partition coefficient (Wildman–Crippen LogP) is 3.59. The van der Waals surface area contributed by atoms with E-state index in [4.69, 9.17) is 14.2 Å². The lowest BCUT2D eigenvalue weighted by Gasteiger charge is -2.36. The summed E-state index contributed by atoms with van der Waals surface area (Å²) in [4.78, 5) is 0. The fourth-order valence-electron chi connectivity index (χ4n) is 4.49. The summed E-state index contributed by atoms with van der Waals surface area (Å²) in [6.07, 6.45) is 8.70. The van der Waals surface area contributed by atoms with E-state index in [1.165, 1.54) is 51.4 Å². The van der Waals surface area contributed by atoms with Gasteiger partial charge in [-0.2, -0.15) is 0 Å². The lowest BCUT2D eigenvalue weighted by Crippen LogP contribution is -2.47. The summed E-state index contributed by atoms with van der Waals surface area (Å²) >= 11 is 0. The first-order valence-corrected chi connectivity index (χ1v) is 13.4. The highest BCUT2D eigenvalue weighted by Gasteiger charge is 2.53. The fourth-order valence-corrected chi connectivity index (χ4v) is 4.49. The Morgan fingerprint density at radius 3 is 1.67 bits per heavy atom. The van der Waals surface area contributed by atoms with Crippen molar-refractivity contribution in [2.75, 3.05) is 33.0 Å². The molecule has 0 radical (unpaired) electrons. The van der Waals surface area contributed by atoms with Crippen molar-refractivity contribution in [3.63, 3.8) is 0 Å². The standard InChI is InChI=1S/C26H52O7/c1-4-6-8-10-12-14-16-31-19-26(3,20-32-17-15-13-11-9-7-5-2)25-23(30)22(29)24(33-25)21(28)18-27/h21-25,27-30H,4-20H2,1-3H3/t21-,22?,23?,24-,25-/m1/s1. The zero-order chi connectivity index (χ0) is 24.5. The van der Waals surface area contributed by atoms with Gasteiger partial charge in [0.2, 0.25) is 0 Å². The van der Waals surface area contributed by atoms with Crippen LogP contribution in [0, 0.1) is 5.41 Å². The van der Waals surface area contributed by atoms with Crippen LogP contribution in [-0.2, 0) is 14.2 Å². The third kappa shape index (κ3) is 11.3. The van der Waals surface area contributed by atoms with Crippen LogP contribution in [0.1, 0.15) is 97.8 Å². The second kappa shape index (κ2) is 18.1. The van der Waals surface area contributed by atoms with Crippen molar-refractivity contribution < 1.29 is 34.6 Å². The molecular formula is C26H52O7. The molecule has 1 aliphatic rings. The molecule has 0 aromatic heterocycles. The molecule has 7 heteroatoms. The monoisotopic (exact) mass is 476 g/mol. The van der Waals surface area contributed by atoms with E-state index in [1.54, 1.807) is 0 Å². The summed E-state index contributed by atoms with van der Waals surface area (Å²) in [5.74, 6) is 0. The minimum Gasteiger partial charge on any atom is -0.394 e. The van der Waals surface area contributed by atoms with Crippen LogP contribution in [0.4, 0.5) is 0 Å². The van der Waals surface area contributed by atoms with Gasteiger partial charge in [-0.3, -0.25) is 0 Å². The first-order valence-electron chi connectivity index (χ1n) is 13.4. The number of aliphatic hydroxyl groups excluding tert-OH is 4. The van der Waals surface area contributed by atoms with E-state index in [0.717, 1.165) is 25.7 Å². The number of unbranched alkanes of at least 4 members (excludes halogenated alkanes) is 10. The molecule has 0 aromatic rings. The van der Waals surface area contributed by atoms with Crippen molar-refractivity contribution in [3.05, 3.63) is 0 Å². The molecule has 0 saturated carbocycles. The Bertz CT molecular complexity index is 442. The van der Waals surface area contributed by atoms with Gasteiger partial charge in [-0.25, -0.2) is 0 Å². The van der Waals surface area contributed by atoms with Crippen molar-refractivity contribution >= 4 is 0 Å². The van der Waals surface area contributed by atoms with E-state index in [0.29, 0.717) is 26.4 Å². The first-order chi connectivity index (χ1) is 15.9. The number of hydrogen-bond donors (Lipinski definition) is 4. The normalized spacial score (nSPS) is 24.5. The Morgan fingerprint density at radius 1 is 0.758 bits per heavy atom. The Morgan fingerprint density at radius 2 is 1.21 bits per heavy atom. The van der Waals surface area contributed by atoms with Gasteiger partial charge in [0, 0.05) is 18.6 Å². The number of ether oxygens (including phenoxy) is 3. The van der Waals surface area contributed by atoms with E-state index >= 15 is 0 Å². The number of rotatable bonds is 21. The molecule has 198 valence electrons. The minimum atomic E-state index is -1.27. The topological polar surface area (TPSA) is 109 Å². The van der Waals surface area contributed by atoms with E-state index in [-0.39, 0.29) is 0 Å². The van der Waals surface area contributed by atoms with Crippen molar-refractivity contribution in [2.45, 2.75) is 128 Å². The zero-order valence-corrected chi connectivity index (χ0v) is 21.4. The third-order valence-corrected chi connectivity index (χ3v) is 6.70. The highest BCUT2D eigenvalue weighted by Crippen LogP contribution is 2.36. The number of hydrogen-bond acceptors (Lipinski definition) is 7. The van der Waals surface area contributed by atoms with Crippen LogP contribution in [0.15, 0.2) is 0 Å². The van der Waals surface area contributed by atoms with Crippen molar-refractivity contribution in [1.29, 1.82) is 0 Å². The average Bonchev–Trinajstić information content (AvgIpc) is 3.12. The van der Waals surface area contributed by atoms with Crippen molar-refractivity contribution in [3.8, 4) is 0 Å². The summed E-state index contributed by atoms with van der Waals surface area (Å²) in [5, 5.41) is 40.3. The molecule has 4 N–H and O–H groups in total. The number of aliphatic hydroxyl groups is 4. The van der Waals surface area contributed by atoms with Crippen LogP contribution in [0.25, 0.3) is 0 Å². The molecule has 0 spiro atoms. The molecule has 1 heterocycles. The quantitative estimate of drug-likeness (QED) is 0.187. The molecule has 1 aliphatic heterocycles. The van der Waals surface area contributed by atoms with E-state index in [9.17, 15) is 20.4 Å². The fraction of sp³-hybridized carbons (Fsp3) is 1.00. The van der Waals surface area contributed by atoms with Crippen molar-refractivity contribution in [1.82, 2.24) is 0 Å². The van der Waals surface area contributed by atoms with Crippen LogP contribution in [0.3, 0.4) is 0 Å². The lowest BCUT2D eigenvalue weighted by atomic mass is 9.82. The highest BCUT2D eigenvalue weighted by molar-refractivity contribution is 5.01. The summed E-state index contributed by atoms with van der Waals surface area (Å²) in [6.45, 7) is 7.73. The zero-order valence-electron chi connectivity index (χ0n) is 21.4. The molecule has 0 aromatic carbocycles. The first kappa shape index (κ1) is 30.8. The van der Waals surface area contributed by atoms with Gasteiger partial charge in [0.15, 0.2) is 0 Å². The van der Waals surface area contributed by atoms with Gasteiger partial charge in [0.05, 0.1) is 25.9 Å². The summed E-state index contributed by atoms with van der Waals surface area (Å²) < 4.78 is 17.8. The van der Waals surface area contributed by atoms with E-state index in [1.807, 2.05) is 6.92 Å². The molecule has 1 fully saturated rings. The van der Waals surface area contributed by atoms with Crippen molar-refractivity contribution in [2.24, 2.45) is 5.41 Å². The maximum Gasteiger partial charge on any atom is 0.115 e. The second-order valence-corrected chi connectivity index (χ2v) is 10.0. The second-order valence-electron chi connectivity index (χ2n) is 10.0. The molecule has 0 aliphatic carbocycles. The van der Waals surface area contributed by atoms with Gasteiger partial charge >= 0.3 is 0 Å². The Labute approximate surface area is 201 Å².